The van der Waals surface area contributed by atoms with Crippen LogP contribution in [0.3, 0.4) is 0 Å². The number of nitrogens with zero attached hydrogens (tertiary/aromatic N) is 3. The third kappa shape index (κ3) is 4.54. The first-order valence-electron chi connectivity index (χ1n) is 8.47. The highest BCUT2D eigenvalue weighted by Gasteiger charge is 2.21. The fourth-order valence-corrected chi connectivity index (χ4v) is 3.45. The van der Waals surface area contributed by atoms with Crippen molar-refractivity contribution in [3.05, 3.63) is 52.5 Å². The molecule has 26 heavy (non-hydrogen) atoms. The first kappa shape index (κ1) is 18.7. The van der Waals surface area contributed by atoms with E-state index in [1.807, 2.05) is 60.3 Å². The van der Waals surface area contributed by atoms with E-state index in [4.69, 9.17) is 23.2 Å². The van der Waals surface area contributed by atoms with Gasteiger partial charge in [0.25, 0.3) is 0 Å². The van der Waals surface area contributed by atoms with Gasteiger partial charge in [0.1, 0.15) is 0 Å². The molecule has 0 aromatic heterocycles. The zero-order chi connectivity index (χ0) is 18.7. The van der Waals surface area contributed by atoms with Gasteiger partial charge in [-0.05, 0) is 42.5 Å². The van der Waals surface area contributed by atoms with E-state index in [0.717, 1.165) is 30.2 Å². The Kier molecular flexibility index (Phi) is 5.79. The van der Waals surface area contributed by atoms with Gasteiger partial charge in [0.15, 0.2) is 0 Å². The van der Waals surface area contributed by atoms with E-state index in [9.17, 15) is 4.79 Å². The molecule has 0 saturated carbocycles. The molecule has 0 aliphatic carbocycles. The Morgan fingerprint density at radius 2 is 1.54 bits per heavy atom. The molecule has 2 aromatic carbocycles. The number of nitrogens with one attached hydrogen (secondary N) is 1. The zero-order valence-electron chi connectivity index (χ0n) is 14.9. The second-order valence-corrected chi connectivity index (χ2v) is 7.35. The number of carbonyl (C=O) groups is 1. The number of amides is 2. The standard InChI is InChI=1S/C19H22Cl2N4O/c1-23(2)17-5-3-16(4-6-17)22-19(26)25-9-7-24(8-10-25)18-12-14(20)11-15(21)13-18/h3-6,11-13H,7-10H2,1-2H3,(H,22,26). The van der Waals surface area contributed by atoms with E-state index in [-0.39, 0.29) is 6.03 Å². The molecule has 1 aliphatic rings. The van der Waals surface area contributed by atoms with E-state index >= 15 is 0 Å². The fraction of sp³-hybridized carbons (Fsp3) is 0.316. The molecule has 7 heteroatoms. The summed E-state index contributed by atoms with van der Waals surface area (Å²) in [6.45, 7) is 2.77. The van der Waals surface area contributed by atoms with Crippen LogP contribution in [0.15, 0.2) is 42.5 Å². The summed E-state index contributed by atoms with van der Waals surface area (Å²) in [7, 11) is 3.97. The highest BCUT2D eigenvalue weighted by Crippen LogP contribution is 2.26. The van der Waals surface area contributed by atoms with E-state index in [2.05, 4.69) is 10.2 Å². The van der Waals surface area contributed by atoms with Crippen molar-refractivity contribution in [2.45, 2.75) is 0 Å². The van der Waals surface area contributed by atoms with Crippen LogP contribution in [-0.4, -0.2) is 51.2 Å². The number of hydrogen-bond donors (Lipinski definition) is 1. The number of benzene rings is 2. The van der Waals surface area contributed by atoms with Gasteiger partial charge in [0, 0.05) is 67.4 Å². The predicted molar refractivity (Wildman–Crippen MR) is 110 cm³/mol. The van der Waals surface area contributed by atoms with E-state index in [1.54, 1.807) is 6.07 Å². The van der Waals surface area contributed by atoms with Crippen molar-refractivity contribution in [2.24, 2.45) is 0 Å². The van der Waals surface area contributed by atoms with Crippen molar-refractivity contribution in [3.8, 4) is 0 Å². The second kappa shape index (κ2) is 8.06. The lowest BCUT2D eigenvalue weighted by atomic mass is 10.2. The van der Waals surface area contributed by atoms with Crippen LogP contribution in [0.2, 0.25) is 10.0 Å². The second-order valence-electron chi connectivity index (χ2n) is 6.47. The molecular formula is C19H22Cl2N4O. The van der Waals surface area contributed by atoms with E-state index in [0.29, 0.717) is 23.1 Å². The van der Waals surface area contributed by atoms with Gasteiger partial charge in [0.05, 0.1) is 0 Å². The molecule has 1 heterocycles. The van der Waals surface area contributed by atoms with Crippen molar-refractivity contribution in [3.63, 3.8) is 0 Å². The SMILES string of the molecule is CN(C)c1ccc(NC(=O)N2CCN(c3cc(Cl)cc(Cl)c3)CC2)cc1. The van der Waals surface area contributed by atoms with Crippen molar-refractivity contribution in [1.82, 2.24) is 4.90 Å². The number of rotatable bonds is 3. The molecule has 5 nitrogen and oxygen atoms in total. The lowest BCUT2D eigenvalue weighted by Gasteiger charge is -2.36. The van der Waals surface area contributed by atoms with E-state index < -0.39 is 0 Å². The van der Waals surface area contributed by atoms with Crippen LogP contribution >= 0.6 is 23.2 Å². The minimum atomic E-state index is -0.0774. The van der Waals surface area contributed by atoms with Crippen molar-refractivity contribution >= 4 is 46.3 Å². The smallest absolute Gasteiger partial charge is 0.321 e. The lowest BCUT2D eigenvalue weighted by molar-refractivity contribution is 0.208. The fourth-order valence-electron chi connectivity index (χ4n) is 2.94. The summed E-state index contributed by atoms with van der Waals surface area (Å²) in [6.07, 6.45) is 0. The molecule has 0 spiro atoms. The number of piperazine rings is 1. The molecule has 1 N–H and O–H groups in total. The van der Waals surface area contributed by atoms with Crippen LogP contribution in [0.5, 0.6) is 0 Å². The van der Waals surface area contributed by atoms with Gasteiger partial charge < -0.3 is 20.0 Å². The van der Waals surface area contributed by atoms with Crippen LogP contribution in [-0.2, 0) is 0 Å². The topological polar surface area (TPSA) is 38.8 Å². The largest absolute Gasteiger partial charge is 0.378 e. The Morgan fingerprint density at radius 3 is 2.08 bits per heavy atom. The summed E-state index contributed by atoms with van der Waals surface area (Å²) >= 11 is 12.2. The van der Waals surface area contributed by atoms with Crippen molar-refractivity contribution in [2.75, 3.05) is 55.4 Å². The maximum atomic E-state index is 12.5. The van der Waals surface area contributed by atoms with Crippen LogP contribution in [0, 0.1) is 0 Å². The zero-order valence-corrected chi connectivity index (χ0v) is 16.4. The van der Waals surface area contributed by atoms with Gasteiger partial charge in [-0.15, -0.1) is 0 Å². The van der Waals surface area contributed by atoms with Gasteiger partial charge >= 0.3 is 6.03 Å². The highest BCUT2D eigenvalue weighted by molar-refractivity contribution is 6.35. The third-order valence-electron chi connectivity index (χ3n) is 4.41. The summed E-state index contributed by atoms with van der Waals surface area (Å²) in [5.74, 6) is 0. The summed E-state index contributed by atoms with van der Waals surface area (Å²) in [6, 6.07) is 13.2. The summed E-state index contributed by atoms with van der Waals surface area (Å²) in [4.78, 5) is 18.5. The molecule has 2 aromatic rings. The molecule has 3 rings (SSSR count). The average molecular weight is 393 g/mol. The van der Waals surface area contributed by atoms with Gasteiger partial charge in [-0.25, -0.2) is 4.79 Å². The summed E-state index contributed by atoms with van der Waals surface area (Å²) in [5.41, 5.74) is 2.88. The molecule has 0 bridgehead atoms. The molecule has 1 fully saturated rings. The summed E-state index contributed by atoms with van der Waals surface area (Å²) in [5, 5.41) is 4.20. The van der Waals surface area contributed by atoms with Gasteiger partial charge in [0.2, 0.25) is 0 Å². The number of anilines is 3. The lowest BCUT2D eigenvalue weighted by Crippen LogP contribution is -2.50. The van der Waals surface area contributed by atoms with Crippen molar-refractivity contribution < 1.29 is 4.79 Å². The van der Waals surface area contributed by atoms with Gasteiger partial charge in [-0.1, -0.05) is 23.2 Å². The monoisotopic (exact) mass is 392 g/mol. The molecular weight excluding hydrogens is 371 g/mol. The number of urea groups is 1. The molecule has 1 saturated heterocycles. The minimum Gasteiger partial charge on any atom is -0.378 e. The predicted octanol–water partition coefficient (Wildman–Crippen LogP) is 4.41. The van der Waals surface area contributed by atoms with Crippen LogP contribution in [0.25, 0.3) is 0 Å². The first-order valence-corrected chi connectivity index (χ1v) is 9.22. The van der Waals surface area contributed by atoms with Crippen LogP contribution < -0.4 is 15.1 Å². The molecule has 0 atom stereocenters. The Labute approximate surface area is 164 Å². The Balaban J connectivity index is 1.56. The number of carbonyl (C=O) groups excluding carboxylic acids is 1. The van der Waals surface area contributed by atoms with Crippen molar-refractivity contribution in [1.29, 1.82) is 0 Å². The quantitative estimate of drug-likeness (QED) is 0.840. The molecule has 2 amide bonds. The van der Waals surface area contributed by atoms with E-state index in [1.165, 1.54) is 0 Å². The van der Waals surface area contributed by atoms with Gasteiger partial charge in [-0.2, -0.15) is 0 Å². The number of hydrogen-bond acceptors (Lipinski definition) is 3. The normalized spacial score (nSPS) is 14.3. The maximum Gasteiger partial charge on any atom is 0.321 e. The Bertz CT molecular complexity index is 751. The Hall–Kier alpha value is -2.11. The molecule has 0 radical (unpaired) electrons. The Morgan fingerprint density at radius 1 is 0.962 bits per heavy atom. The minimum absolute atomic E-state index is 0.0774. The van der Waals surface area contributed by atoms with Gasteiger partial charge in [-0.3, -0.25) is 0 Å². The molecule has 138 valence electrons. The molecule has 1 aliphatic heterocycles. The molecule has 0 unspecified atom stereocenters. The number of halogens is 2. The van der Waals surface area contributed by atoms with Crippen LogP contribution in [0.1, 0.15) is 0 Å². The van der Waals surface area contributed by atoms with Crippen LogP contribution in [0.4, 0.5) is 21.9 Å². The summed E-state index contributed by atoms with van der Waals surface area (Å²) < 4.78 is 0. The average Bonchev–Trinajstić information content (AvgIpc) is 2.61. The first-order chi connectivity index (χ1) is 12.4. The highest BCUT2D eigenvalue weighted by atomic mass is 35.5. The maximum absolute atomic E-state index is 12.5. The third-order valence-corrected chi connectivity index (χ3v) is 4.85.